The molecule has 1 amide bonds. The molecule has 0 atom stereocenters. The molecule has 2 aromatic rings. The van der Waals surface area contributed by atoms with Gasteiger partial charge in [0.15, 0.2) is 0 Å². The van der Waals surface area contributed by atoms with Crippen molar-refractivity contribution in [1.29, 1.82) is 0 Å². The van der Waals surface area contributed by atoms with Crippen LogP contribution in [0, 0.1) is 13.8 Å². The van der Waals surface area contributed by atoms with Gasteiger partial charge in [0.05, 0.1) is 28.6 Å². The van der Waals surface area contributed by atoms with Crippen LogP contribution in [0.25, 0.3) is 11.4 Å². The summed E-state index contributed by atoms with van der Waals surface area (Å²) < 4.78 is 12.3. The Morgan fingerprint density at radius 2 is 2.04 bits per heavy atom. The molecule has 6 nitrogen and oxygen atoms in total. The molecule has 0 bridgehead atoms. The number of nitrogens with zero attached hydrogens (tertiary/aromatic N) is 2. The topological polar surface area (TPSA) is 65.4 Å². The summed E-state index contributed by atoms with van der Waals surface area (Å²) in [7, 11) is 3.31. The van der Waals surface area contributed by atoms with Gasteiger partial charge >= 0.3 is 0 Å². The number of hydrogen-bond donors (Lipinski definition) is 1. The van der Waals surface area contributed by atoms with Gasteiger partial charge in [-0.15, -0.1) is 11.3 Å². The monoisotopic (exact) mass is 351 g/mol. The molecule has 0 aliphatic heterocycles. The Balaban J connectivity index is 2.30. The van der Waals surface area contributed by atoms with Gasteiger partial charge in [0.2, 0.25) is 0 Å². The molecule has 2 aromatic heterocycles. The van der Waals surface area contributed by atoms with E-state index in [1.54, 1.807) is 25.6 Å². The van der Waals surface area contributed by atoms with Gasteiger partial charge in [-0.2, -0.15) is 0 Å². The smallest absolute Gasteiger partial charge is 0.253 e. The van der Waals surface area contributed by atoms with Crippen molar-refractivity contribution in [1.82, 2.24) is 14.9 Å². The summed E-state index contributed by atoms with van der Waals surface area (Å²) in [5.41, 5.74) is 3.52. The van der Waals surface area contributed by atoms with Crippen LogP contribution >= 0.6 is 11.3 Å². The summed E-state index contributed by atoms with van der Waals surface area (Å²) in [5.74, 6) is -0.0803. The Morgan fingerprint density at radius 1 is 1.29 bits per heavy atom. The number of amides is 1. The van der Waals surface area contributed by atoms with E-state index in [1.165, 1.54) is 0 Å². The van der Waals surface area contributed by atoms with Crippen LogP contribution < -0.4 is 5.32 Å². The zero-order valence-electron chi connectivity index (χ0n) is 14.7. The Kier molecular flexibility index (Phi) is 6.96. The quantitative estimate of drug-likeness (QED) is 0.706. The van der Waals surface area contributed by atoms with Gasteiger partial charge in [0.25, 0.3) is 5.91 Å². The number of hydrogen-bond acceptors (Lipinski definition) is 5. The Labute approximate surface area is 146 Å². The van der Waals surface area contributed by atoms with Crippen molar-refractivity contribution in [3.8, 4) is 11.4 Å². The van der Waals surface area contributed by atoms with E-state index in [-0.39, 0.29) is 5.91 Å². The first-order valence-electron chi connectivity index (χ1n) is 7.97. The molecule has 2 rings (SSSR count). The standard InChI is InChI=1S/C17H25N3O3S/c1-12-14(17(21)18-6-9-23-4)10-16(15-11-24-13(2)19-15)20(12)7-5-8-22-3/h10-11H,5-9H2,1-4H3,(H,18,21). The van der Waals surface area contributed by atoms with Crippen molar-refractivity contribution in [2.75, 3.05) is 34.0 Å². The lowest BCUT2D eigenvalue weighted by Crippen LogP contribution is -2.27. The number of thiazole rings is 1. The van der Waals surface area contributed by atoms with Crippen LogP contribution in [0.15, 0.2) is 11.4 Å². The minimum Gasteiger partial charge on any atom is -0.385 e. The first-order valence-corrected chi connectivity index (χ1v) is 8.85. The van der Waals surface area contributed by atoms with E-state index in [2.05, 4.69) is 14.9 Å². The largest absolute Gasteiger partial charge is 0.385 e. The molecular formula is C17H25N3O3S. The van der Waals surface area contributed by atoms with Crippen molar-refractivity contribution in [3.63, 3.8) is 0 Å². The fourth-order valence-corrected chi connectivity index (χ4v) is 3.19. The molecule has 0 aliphatic rings. The van der Waals surface area contributed by atoms with E-state index in [0.717, 1.165) is 35.1 Å². The molecule has 7 heteroatoms. The van der Waals surface area contributed by atoms with E-state index in [4.69, 9.17) is 9.47 Å². The second kappa shape index (κ2) is 8.96. The van der Waals surface area contributed by atoms with Crippen LogP contribution in [0.4, 0.5) is 0 Å². The number of carbonyl (C=O) groups excluding carboxylic acids is 1. The van der Waals surface area contributed by atoms with E-state index < -0.39 is 0 Å². The molecule has 0 unspecified atom stereocenters. The van der Waals surface area contributed by atoms with Gasteiger partial charge in [0.1, 0.15) is 0 Å². The third kappa shape index (κ3) is 4.43. The molecule has 1 N–H and O–H groups in total. The van der Waals surface area contributed by atoms with Crippen molar-refractivity contribution in [3.05, 3.63) is 27.7 Å². The molecule has 0 aliphatic carbocycles. The second-order valence-corrected chi connectivity index (χ2v) is 6.59. The third-order valence-corrected chi connectivity index (χ3v) is 4.59. The maximum absolute atomic E-state index is 12.4. The van der Waals surface area contributed by atoms with Gasteiger partial charge < -0.3 is 19.4 Å². The van der Waals surface area contributed by atoms with Crippen molar-refractivity contribution >= 4 is 17.2 Å². The van der Waals surface area contributed by atoms with Gasteiger partial charge in [-0.1, -0.05) is 0 Å². The van der Waals surface area contributed by atoms with E-state index in [9.17, 15) is 4.79 Å². The molecular weight excluding hydrogens is 326 g/mol. The highest BCUT2D eigenvalue weighted by molar-refractivity contribution is 7.09. The Morgan fingerprint density at radius 3 is 2.67 bits per heavy atom. The van der Waals surface area contributed by atoms with Crippen LogP contribution in [0.2, 0.25) is 0 Å². The number of carbonyl (C=O) groups is 1. The number of aryl methyl sites for hydroxylation is 1. The third-order valence-electron chi connectivity index (χ3n) is 3.81. The van der Waals surface area contributed by atoms with Gasteiger partial charge in [-0.3, -0.25) is 4.79 Å². The molecule has 132 valence electrons. The number of aromatic nitrogens is 2. The number of nitrogens with one attached hydrogen (secondary N) is 1. The Bertz CT molecular complexity index is 679. The maximum atomic E-state index is 12.4. The number of ether oxygens (including phenoxy) is 2. The van der Waals surface area contributed by atoms with Gasteiger partial charge in [-0.25, -0.2) is 4.98 Å². The minimum absolute atomic E-state index is 0.0803. The number of methoxy groups -OCH3 is 2. The number of rotatable bonds is 9. The fourth-order valence-electron chi connectivity index (χ4n) is 2.59. The predicted molar refractivity (Wildman–Crippen MR) is 95.7 cm³/mol. The normalized spacial score (nSPS) is 11.0. The molecule has 2 heterocycles. The van der Waals surface area contributed by atoms with Gasteiger partial charge in [0, 0.05) is 45.0 Å². The molecule has 0 spiro atoms. The lowest BCUT2D eigenvalue weighted by molar-refractivity contribution is 0.0936. The second-order valence-electron chi connectivity index (χ2n) is 5.53. The Hall–Kier alpha value is -1.70. The zero-order chi connectivity index (χ0) is 17.5. The molecule has 0 saturated heterocycles. The zero-order valence-corrected chi connectivity index (χ0v) is 15.5. The average Bonchev–Trinajstić information content (AvgIpc) is 3.12. The average molecular weight is 351 g/mol. The molecule has 24 heavy (non-hydrogen) atoms. The van der Waals surface area contributed by atoms with Crippen LogP contribution in [0.3, 0.4) is 0 Å². The summed E-state index contributed by atoms with van der Waals surface area (Å²) in [6.45, 7) is 6.42. The summed E-state index contributed by atoms with van der Waals surface area (Å²) in [4.78, 5) is 17.0. The van der Waals surface area contributed by atoms with Crippen molar-refractivity contribution < 1.29 is 14.3 Å². The summed E-state index contributed by atoms with van der Waals surface area (Å²) >= 11 is 1.61. The van der Waals surface area contributed by atoms with E-state index in [0.29, 0.717) is 25.3 Å². The van der Waals surface area contributed by atoms with Gasteiger partial charge in [-0.05, 0) is 26.3 Å². The highest BCUT2D eigenvalue weighted by Gasteiger charge is 2.19. The van der Waals surface area contributed by atoms with Crippen LogP contribution in [-0.4, -0.2) is 49.4 Å². The lowest BCUT2D eigenvalue weighted by Gasteiger charge is -2.10. The molecule has 0 fully saturated rings. The van der Waals surface area contributed by atoms with Crippen molar-refractivity contribution in [2.24, 2.45) is 0 Å². The minimum atomic E-state index is -0.0803. The highest BCUT2D eigenvalue weighted by Crippen LogP contribution is 2.27. The van der Waals surface area contributed by atoms with Crippen LogP contribution in [0.5, 0.6) is 0 Å². The first kappa shape index (κ1) is 18.6. The first-order chi connectivity index (χ1) is 11.6. The summed E-state index contributed by atoms with van der Waals surface area (Å²) in [6, 6.07) is 1.93. The fraction of sp³-hybridized carbons (Fsp3) is 0.529. The van der Waals surface area contributed by atoms with E-state index >= 15 is 0 Å². The van der Waals surface area contributed by atoms with Crippen LogP contribution in [0.1, 0.15) is 27.5 Å². The predicted octanol–water partition coefficient (Wildman–Crippen LogP) is 2.64. The molecule has 0 saturated carbocycles. The summed E-state index contributed by atoms with van der Waals surface area (Å²) in [5, 5.41) is 5.93. The summed E-state index contributed by atoms with van der Waals surface area (Å²) in [6.07, 6.45) is 0.882. The maximum Gasteiger partial charge on any atom is 0.253 e. The SMILES string of the molecule is COCCCn1c(-c2csc(C)n2)cc(C(=O)NCCOC)c1C. The van der Waals surface area contributed by atoms with Crippen molar-refractivity contribution in [2.45, 2.75) is 26.8 Å². The molecule has 0 aromatic carbocycles. The highest BCUT2D eigenvalue weighted by atomic mass is 32.1. The van der Waals surface area contributed by atoms with E-state index in [1.807, 2.05) is 25.3 Å². The van der Waals surface area contributed by atoms with Crippen LogP contribution in [-0.2, 0) is 16.0 Å². The molecule has 0 radical (unpaired) electrons. The lowest BCUT2D eigenvalue weighted by atomic mass is 10.2.